The quantitative estimate of drug-likeness (QED) is 0.434. The van der Waals surface area contributed by atoms with Crippen LogP contribution >= 0.6 is 23.4 Å². The maximum absolute atomic E-state index is 12.3. The van der Waals surface area contributed by atoms with Crippen LogP contribution in [0.25, 0.3) is 11.4 Å². The topological polar surface area (TPSA) is 47.8 Å². The molecule has 0 aliphatic carbocycles. The summed E-state index contributed by atoms with van der Waals surface area (Å²) < 4.78 is 2.06. The number of halogens is 1. The number of nitrogens with zero attached hydrogens (tertiary/aromatic N) is 3. The highest BCUT2D eigenvalue weighted by Gasteiger charge is 2.15. The van der Waals surface area contributed by atoms with Gasteiger partial charge in [0, 0.05) is 22.7 Å². The number of rotatable bonds is 7. The van der Waals surface area contributed by atoms with Gasteiger partial charge in [0.1, 0.15) is 0 Å². The molecule has 25 heavy (non-hydrogen) atoms. The summed E-state index contributed by atoms with van der Waals surface area (Å²) in [5.74, 6) is 1.23. The Bertz CT molecular complexity index is 847. The summed E-state index contributed by atoms with van der Waals surface area (Å²) >= 11 is 7.39. The molecule has 0 unspecified atom stereocenters. The SMILES string of the molecule is CCCn1c(SCC(=O)c2ccccc2)nnc1-c1ccc(Cl)cc1. The second kappa shape index (κ2) is 8.32. The fourth-order valence-corrected chi connectivity index (χ4v) is 3.46. The zero-order valence-corrected chi connectivity index (χ0v) is 15.4. The first kappa shape index (κ1) is 17.7. The van der Waals surface area contributed by atoms with Crippen molar-refractivity contribution in [1.82, 2.24) is 14.8 Å². The molecule has 0 bridgehead atoms. The van der Waals surface area contributed by atoms with E-state index in [4.69, 9.17) is 11.6 Å². The molecule has 128 valence electrons. The van der Waals surface area contributed by atoms with Crippen LogP contribution in [0.3, 0.4) is 0 Å². The maximum atomic E-state index is 12.3. The lowest BCUT2D eigenvalue weighted by Gasteiger charge is -2.09. The summed E-state index contributed by atoms with van der Waals surface area (Å²) in [4.78, 5) is 12.3. The molecule has 0 atom stereocenters. The maximum Gasteiger partial charge on any atom is 0.191 e. The fourth-order valence-electron chi connectivity index (χ4n) is 2.47. The summed E-state index contributed by atoms with van der Waals surface area (Å²) in [6.45, 7) is 2.90. The highest BCUT2D eigenvalue weighted by molar-refractivity contribution is 7.99. The van der Waals surface area contributed by atoms with Gasteiger partial charge in [0.25, 0.3) is 0 Å². The summed E-state index contributed by atoms with van der Waals surface area (Å²) in [5.41, 5.74) is 1.68. The van der Waals surface area contributed by atoms with Gasteiger partial charge in [-0.15, -0.1) is 10.2 Å². The highest BCUT2D eigenvalue weighted by atomic mass is 35.5. The van der Waals surface area contributed by atoms with Crippen LogP contribution in [0.5, 0.6) is 0 Å². The number of thioether (sulfide) groups is 1. The summed E-state index contributed by atoms with van der Waals surface area (Å²) in [6, 6.07) is 16.9. The van der Waals surface area contributed by atoms with Crippen molar-refractivity contribution < 1.29 is 4.79 Å². The lowest BCUT2D eigenvalue weighted by molar-refractivity contribution is 0.102. The van der Waals surface area contributed by atoms with Crippen LogP contribution in [0, 0.1) is 0 Å². The summed E-state index contributed by atoms with van der Waals surface area (Å²) in [7, 11) is 0. The predicted octanol–water partition coefficient (Wildman–Crippen LogP) is 4.98. The minimum Gasteiger partial charge on any atom is -0.302 e. The Kier molecular flexibility index (Phi) is 5.89. The number of carbonyl (C=O) groups is 1. The first-order valence-electron chi connectivity index (χ1n) is 8.09. The van der Waals surface area contributed by atoms with Gasteiger partial charge >= 0.3 is 0 Å². The van der Waals surface area contributed by atoms with Crippen molar-refractivity contribution in [3.05, 3.63) is 65.2 Å². The number of benzene rings is 2. The number of hydrogen-bond acceptors (Lipinski definition) is 4. The van der Waals surface area contributed by atoms with Gasteiger partial charge in [0.2, 0.25) is 0 Å². The van der Waals surface area contributed by atoms with Crippen molar-refractivity contribution in [2.24, 2.45) is 0 Å². The summed E-state index contributed by atoms with van der Waals surface area (Å²) in [6.07, 6.45) is 0.957. The van der Waals surface area contributed by atoms with Crippen LogP contribution in [-0.2, 0) is 6.54 Å². The van der Waals surface area contributed by atoms with Crippen LogP contribution in [0.1, 0.15) is 23.7 Å². The second-order valence-electron chi connectivity index (χ2n) is 5.54. The Morgan fingerprint density at radius 3 is 2.48 bits per heavy atom. The molecule has 3 rings (SSSR count). The van der Waals surface area contributed by atoms with E-state index >= 15 is 0 Å². The van der Waals surface area contributed by atoms with Gasteiger partial charge in [-0.25, -0.2) is 0 Å². The minimum absolute atomic E-state index is 0.0877. The smallest absolute Gasteiger partial charge is 0.191 e. The van der Waals surface area contributed by atoms with E-state index in [2.05, 4.69) is 21.7 Å². The molecule has 0 radical (unpaired) electrons. The average Bonchev–Trinajstić information content (AvgIpc) is 3.04. The number of ketones is 1. The van der Waals surface area contributed by atoms with Crippen LogP contribution in [0.4, 0.5) is 0 Å². The summed E-state index contributed by atoms with van der Waals surface area (Å²) in [5, 5.41) is 10.1. The molecule has 0 amide bonds. The molecule has 0 spiro atoms. The van der Waals surface area contributed by atoms with E-state index in [1.807, 2.05) is 54.6 Å². The molecule has 0 N–H and O–H groups in total. The standard InChI is InChI=1S/C19H18ClN3OS/c1-2-12-23-18(15-8-10-16(20)11-9-15)21-22-19(23)25-13-17(24)14-6-4-3-5-7-14/h3-11H,2,12-13H2,1H3. The van der Waals surface area contributed by atoms with E-state index in [-0.39, 0.29) is 5.78 Å². The van der Waals surface area contributed by atoms with Gasteiger partial charge < -0.3 is 4.57 Å². The van der Waals surface area contributed by atoms with Crippen LogP contribution in [0.2, 0.25) is 5.02 Å². The van der Waals surface area contributed by atoms with Gasteiger partial charge in [-0.05, 0) is 30.7 Å². The first-order chi connectivity index (χ1) is 12.2. The first-order valence-corrected chi connectivity index (χ1v) is 9.45. The van der Waals surface area contributed by atoms with Crippen molar-refractivity contribution in [1.29, 1.82) is 0 Å². The number of aromatic nitrogens is 3. The van der Waals surface area contributed by atoms with Gasteiger partial charge in [-0.1, -0.05) is 60.6 Å². The molecule has 3 aromatic rings. The lowest BCUT2D eigenvalue weighted by Crippen LogP contribution is -2.05. The van der Waals surface area contributed by atoms with Crippen LogP contribution in [-0.4, -0.2) is 26.3 Å². The normalized spacial score (nSPS) is 10.8. The number of carbonyl (C=O) groups excluding carboxylic acids is 1. The Hall–Kier alpha value is -2.11. The molecule has 0 fully saturated rings. The molecule has 1 aromatic heterocycles. The molecule has 0 saturated carbocycles. The Morgan fingerprint density at radius 1 is 1.08 bits per heavy atom. The van der Waals surface area contributed by atoms with Gasteiger partial charge in [-0.2, -0.15) is 0 Å². The van der Waals surface area contributed by atoms with Crippen LogP contribution in [0.15, 0.2) is 59.8 Å². The molecular formula is C19H18ClN3OS. The molecule has 6 heteroatoms. The molecular weight excluding hydrogens is 354 g/mol. The van der Waals surface area contributed by atoms with Gasteiger partial charge in [-0.3, -0.25) is 4.79 Å². The second-order valence-corrected chi connectivity index (χ2v) is 6.92. The minimum atomic E-state index is 0.0877. The van der Waals surface area contributed by atoms with E-state index in [1.165, 1.54) is 11.8 Å². The number of Topliss-reactive ketones (excluding diaryl/α,β-unsaturated/α-hetero) is 1. The third-order valence-corrected chi connectivity index (χ3v) is 4.91. The fraction of sp³-hybridized carbons (Fsp3) is 0.211. The van der Waals surface area contributed by atoms with Crippen molar-refractivity contribution in [3.63, 3.8) is 0 Å². The zero-order chi connectivity index (χ0) is 17.6. The lowest BCUT2D eigenvalue weighted by atomic mass is 10.2. The molecule has 1 heterocycles. The third-order valence-electron chi connectivity index (χ3n) is 3.69. The van der Waals surface area contributed by atoms with E-state index in [0.717, 1.165) is 35.1 Å². The molecule has 0 aliphatic rings. The largest absolute Gasteiger partial charge is 0.302 e. The Labute approximate surface area is 156 Å². The molecule has 0 aliphatic heterocycles. The van der Waals surface area contributed by atoms with Crippen molar-refractivity contribution in [2.45, 2.75) is 25.0 Å². The predicted molar refractivity (Wildman–Crippen MR) is 102 cm³/mol. The van der Waals surface area contributed by atoms with Crippen LogP contribution < -0.4 is 0 Å². The zero-order valence-electron chi connectivity index (χ0n) is 13.9. The van der Waals surface area contributed by atoms with Crippen molar-refractivity contribution in [2.75, 3.05) is 5.75 Å². The van der Waals surface area contributed by atoms with Crippen molar-refractivity contribution >= 4 is 29.1 Å². The molecule has 4 nitrogen and oxygen atoms in total. The van der Waals surface area contributed by atoms with E-state index in [9.17, 15) is 4.79 Å². The van der Waals surface area contributed by atoms with Gasteiger partial charge in [0.15, 0.2) is 16.8 Å². The molecule has 0 saturated heterocycles. The van der Waals surface area contributed by atoms with E-state index in [1.54, 1.807) is 0 Å². The monoisotopic (exact) mass is 371 g/mol. The van der Waals surface area contributed by atoms with E-state index < -0.39 is 0 Å². The Balaban J connectivity index is 1.79. The Morgan fingerprint density at radius 2 is 1.80 bits per heavy atom. The average molecular weight is 372 g/mol. The molecule has 2 aromatic carbocycles. The third kappa shape index (κ3) is 4.30. The number of hydrogen-bond donors (Lipinski definition) is 0. The van der Waals surface area contributed by atoms with E-state index in [0.29, 0.717) is 10.8 Å². The van der Waals surface area contributed by atoms with Gasteiger partial charge in [0.05, 0.1) is 5.75 Å². The van der Waals surface area contributed by atoms with Crippen molar-refractivity contribution in [3.8, 4) is 11.4 Å². The highest BCUT2D eigenvalue weighted by Crippen LogP contribution is 2.26.